The van der Waals surface area contributed by atoms with Crippen LogP contribution in [0.15, 0.2) is 48.3 Å². The van der Waals surface area contributed by atoms with Gasteiger partial charge < -0.3 is 0 Å². The zero-order valence-electron chi connectivity index (χ0n) is 23.0. The Kier molecular flexibility index (Phi) is 5.53. The predicted molar refractivity (Wildman–Crippen MR) is 147 cm³/mol. The minimum atomic E-state index is 0.251. The first-order valence-corrected chi connectivity index (χ1v) is 14.4. The van der Waals surface area contributed by atoms with Gasteiger partial charge in [0.05, 0.1) is 0 Å². The Hall–Kier alpha value is -1.67. The molecule has 0 N–H and O–H groups in total. The summed E-state index contributed by atoms with van der Waals surface area (Å²) in [6.45, 7) is 12.4. The number of allylic oxidation sites excluding steroid dienone is 1. The van der Waals surface area contributed by atoms with Crippen LogP contribution in [0.4, 0.5) is 0 Å². The maximum Gasteiger partial charge on any atom is 0.0346 e. The number of rotatable bonds is 2. The quantitative estimate of drug-likeness (QED) is 0.410. The molecular formula is C33H46N2. The Morgan fingerprint density at radius 2 is 1.77 bits per heavy atom. The van der Waals surface area contributed by atoms with Crippen molar-refractivity contribution in [3.63, 3.8) is 0 Å². The molecule has 2 aromatic rings. The molecule has 1 heterocycles. The molecule has 0 spiro atoms. The van der Waals surface area contributed by atoms with E-state index >= 15 is 0 Å². The Morgan fingerprint density at radius 3 is 2.57 bits per heavy atom. The Balaban J connectivity index is 1.26. The average molecular weight is 471 g/mol. The first-order chi connectivity index (χ1) is 16.6. The van der Waals surface area contributed by atoms with Gasteiger partial charge >= 0.3 is 0 Å². The number of hydrogen-bond acceptors (Lipinski definition) is 2. The summed E-state index contributed by atoms with van der Waals surface area (Å²) in [6, 6.07) is 10.1. The molecule has 0 aliphatic heterocycles. The lowest BCUT2D eigenvalue weighted by molar-refractivity contribution is -0.0399. The van der Waals surface area contributed by atoms with E-state index in [2.05, 4.69) is 81.9 Å². The highest BCUT2D eigenvalue weighted by Crippen LogP contribution is 2.68. The zero-order valence-corrected chi connectivity index (χ0v) is 23.0. The van der Waals surface area contributed by atoms with E-state index in [0.717, 1.165) is 17.8 Å². The van der Waals surface area contributed by atoms with Crippen LogP contribution in [0, 0.1) is 28.6 Å². The Morgan fingerprint density at radius 1 is 0.943 bits per heavy atom. The molecule has 0 saturated heterocycles. The number of nitrogens with zero attached hydrogens (tertiary/aromatic N) is 2. The molecule has 2 nitrogen and oxygen atoms in total. The van der Waals surface area contributed by atoms with Crippen molar-refractivity contribution in [2.75, 3.05) is 7.05 Å². The molecule has 4 aliphatic rings. The third kappa shape index (κ3) is 3.64. The summed E-state index contributed by atoms with van der Waals surface area (Å²) in [5.41, 5.74) is 4.51. The van der Waals surface area contributed by atoms with E-state index in [1.165, 1.54) is 62.1 Å². The fraction of sp³-hybridized carbons (Fsp3) is 0.667. The van der Waals surface area contributed by atoms with Gasteiger partial charge in [-0.05, 0) is 137 Å². The molecule has 6 rings (SSSR count). The van der Waals surface area contributed by atoms with Gasteiger partial charge in [-0.1, -0.05) is 37.6 Å². The molecular weight excluding hydrogens is 424 g/mol. The van der Waals surface area contributed by atoms with E-state index in [4.69, 9.17) is 0 Å². The van der Waals surface area contributed by atoms with Gasteiger partial charge in [0.15, 0.2) is 0 Å². The molecule has 3 fully saturated rings. The number of benzene rings is 1. The van der Waals surface area contributed by atoms with E-state index in [1.54, 1.807) is 5.56 Å². The third-order valence-corrected chi connectivity index (χ3v) is 11.8. The van der Waals surface area contributed by atoms with Gasteiger partial charge in [0, 0.05) is 29.4 Å². The smallest absolute Gasteiger partial charge is 0.0346 e. The van der Waals surface area contributed by atoms with E-state index in [-0.39, 0.29) is 5.54 Å². The molecule has 1 aromatic heterocycles. The number of hydrogen-bond donors (Lipinski definition) is 0. The van der Waals surface area contributed by atoms with Crippen molar-refractivity contribution in [2.24, 2.45) is 28.6 Å². The number of pyridine rings is 1. The molecule has 2 heteroatoms. The topological polar surface area (TPSA) is 16.1 Å². The summed E-state index contributed by atoms with van der Waals surface area (Å²) in [5.74, 6) is 3.35. The predicted octanol–water partition coefficient (Wildman–Crippen LogP) is 8.38. The molecule has 1 aromatic carbocycles. The largest absolute Gasteiger partial charge is 0.298 e. The number of aromatic nitrogens is 1. The highest BCUT2D eigenvalue weighted by Gasteiger charge is 2.59. The second-order valence-electron chi connectivity index (χ2n) is 14.1. The molecule has 35 heavy (non-hydrogen) atoms. The number of fused-ring (bicyclic) bond motifs is 6. The summed E-state index contributed by atoms with van der Waals surface area (Å²) >= 11 is 0. The van der Waals surface area contributed by atoms with Crippen molar-refractivity contribution in [3.8, 4) is 0 Å². The van der Waals surface area contributed by atoms with Gasteiger partial charge in [-0.15, -0.1) is 0 Å². The molecule has 0 bridgehead atoms. The first-order valence-electron chi connectivity index (χ1n) is 14.4. The van der Waals surface area contributed by atoms with Crippen LogP contribution in [0.25, 0.3) is 10.8 Å². The second kappa shape index (κ2) is 8.17. The van der Waals surface area contributed by atoms with Crippen LogP contribution in [0.2, 0.25) is 0 Å². The maximum atomic E-state index is 4.40. The van der Waals surface area contributed by atoms with Crippen LogP contribution >= 0.6 is 0 Å². The van der Waals surface area contributed by atoms with Crippen molar-refractivity contribution in [2.45, 2.75) is 103 Å². The highest BCUT2D eigenvalue weighted by molar-refractivity contribution is 5.82. The normalized spacial score (nSPS) is 39.2. The zero-order chi connectivity index (χ0) is 24.6. The average Bonchev–Trinajstić information content (AvgIpc) is 3.19. The summed E-state index contributed by atoms with van der Waals surface area (Å²) in [6.07, 6.45) is 17.7. The molecule has 0 amide bonds. The van der Waals surface area contributed by atoms with Gasteiger partial charge in [0.25, 0.3) is 0 Å². The third-order valence-electron chi connectivity index (χ3n) is 11.8. The SMILES string of the molecule is CN([C@H]1CC[C@@]2(C)C(=CC[C@@H]3C2CC[C@]2(C)[C@@H](c4ccc5ccncc5c4)CC[C@@H]32)C1)C(C)(C)C. The standard InChI is InChI=1S/C33H46N2/c1-31(2,3)35(6)26-13-16-32(4)25(20-26)9-10-27-29-12-11-28(33(29,5)17-14-30(27)32)23-8-7-22-15-18-34-21-24(22)19-23/h7-9,15,18-19,21,26-30H,10-14,16-17,20H2,1-6H3/t26-,27-,28+,29-,30?,32-,33+/m0/s1. The summed E-state index contributed by atoms with van der Waals surface area (Å²) < 4.78 is 0. The molecule has 1 unspecified atom stereocenters. The lowest BCUT2D eigenvalue weighted by Gasteiger charge is -2.59. The molecule has 4 aliphatic carbocycles. The van der Waals surface area contributed by atoms with Crippen LogP contribution in [0.5, 0.6) is 0 Å². The molecule has 0 radical (unpaired) electrons. The van der Waals surface area contributed by atoms with E-state index in [1.807, 2.05) is 18.0 Å². The van der Waals surface area contributed by atoms with Gasteiger partial charge in [0.1, 0.15) is 0 Å². The van der Waals surface area contributed by atoms with Crippen molar-refractivity contribution in [1.82, 2.24) is 9.88 Å². The monoisotopic (exact) mass is 470 g/mol. The van der Waals surface area contributed by atoms with Crippen LogP contribution in [0.1, 0.15) is 97.5 Å². The molecule has 188 valence electrons. The molecule has 7 atom stereocenters. The van der Waals surface area contributed by atoms with Crippen LogP contribution < -0.4 is 0 Å². The first kappa shape index (κ1) is 23.7. The second-order valence-corrected chi connectivity index (χ2v) is 14.1. The lowest BCUT2D eigenvalue weighted by Crippen LogP contribution is -2.53. The Bertz CT molecular complexity index is 1140. The summed E-state index contributed by atoms with van der Waals surface area (Å²) in [7, 11) is 2.35. The van der Waals surface area contributed by atoms with Crippen molar-refractivity contribution in [3.05, 3.63) is 53.9 Å². The van der Waals surface area contributed by atoms with Gasteiger partial charge in [0.2, 0.25) is 0 Å². The van der Waals surface area contributed by atoms with Crippen molar-refractivity contribution >= 4 is 10.8 Å². The van der Waals surface area contributed by atoms with Gasteiger partial charge in [-0.2, -0.15) is 0 Å². The summed E-state index contributed by atoms with van der Waals surface area (Å²) in [4.78, 5) is 7.05. The van der Waals surface area contributed by atoms with Crippen LogP contribution in [-0.4, -0.2) is 28.5 Å². The van der Waals surface area contributed by atoms with Gasteiger partial charge in [-0.3, -0.25) is 9.88 Å². The fourth-order valence-electron chi connectivity index (χ4n) is 9.39. The highest BCUT2D eigenvalue weighted by atomic mass is 15.2. The van der Waals surface area contributed by atoms with E-state index < -0.39 is 0 Å². The van der Waals surface area contributed by atoms with Crippen LogP contribution in [0.3, 0.4) is 0 Å². The van der Waals surface area contributed by atoms with E-state index in [9.17, 15) is 0 Å². The van der Waals surface area contributed by atoms with Crippen LogP contribution in [-0.2, 0) is 0 Å². The maximum absolute atomic E-state index is 4.40. The molecule has 3 saturated carbocycles. The van der Waals surface area contributed by atoms with E-state index in [0.29, 0.717) is 22.8 Å². The van der Waals surface area contributed by atoms with Crippen molar-refractivity contribution in [1.29, 1.82) is 0 Å². The Labute approximate surface area is 213 Å². The fourth-order valence-corrected chi connectivity index (χ4v) is 9.39. The lowest BCUT2D eigenvalue weighted by atomic mass is 9.47. The minimum absolute atomic E-state index is 0.251. The van der Waals surface area contributed by atoms with Gasteiger partial charge in [-0.25, -0.2) is 0 Å². The minimum Gasteiger partial charge on any atom is -0.298 e. The van der Waals surface area contributed by atoms with Crippen molar-refractivity contribution < 1.29 is 0 Å². The summed E-state index contributed by atoms with van der Waals surface area (Å²) in [5, 5.41) is 2.62.